The van der Waals surface area contributed by atoms with Crippen molar-refractivity contribution in [1.29, 1.82) is 0 Å². The van der Waals surface area contributed by atoms with E-state index in [9.17, 15) is 0 Å². The molecule has 0 radical (unpaired) electrons. The summed E-state index contributed by atoms with van der Waals surface area (Å²) in [5.74, 6) is 0.676. The molecule has 1 aliphatic heterocycles. The van der Waals surface area contributed by atoms with Crippen LogP contribution in [0, 0.1) is 5.92 Å². The normalized spacial score (nSPS) is 28.9. The molecule has 3 atom stereocenters. The van der Waals surface area contributed by atoms with E-state index in [4.69, 9.17) is 27.9 Å². The molecular formula is C17H24Cl2N2O. The van der Waals surface area contributed by atoms with Crippen molar-refractivity contribution >= 4 is 23.2 Å². The van der Waals surface area contributed by atoms with Crippen LogP contribution in [0.2, 0.25) is 10.0 Å². The Morgan fingerprint density at radius 3 is 3.00 bits per heavy atom. The van der Waals surface area contributed by atoms with Crippen LogP contribution in [0.15, 0.2) is 18.2 Å². The van der Waals surface area contributed by atoms with Gasteiger partial charge in [0.2, 0.25) is 0 Å². The van der Waals surface area contributed by atoms with Crippen molar-refractivity contribution < 1.29 is 4.74 Å². The quantitative estimate of drug-likeness (QED) is 0.861. The third kappa shape index (κ3) is 3.95. The lowest BCUT2D eigenvalue weighted by molar-refractivity contribution is 0.0526. The molecule has 1 saturated carbocycles. The van der Waals surface area contributed by atoms with Gasteiger partial charge < -0.3 is 15.4 Å². The molecule has 5 heteroatoms. The number of nitrogens with one attached hydrogen (secondary N) is 2. The van der Waals surface area contributed by atoms with Gasteiger partial charge in [0.1, 0.15) is 0 Å². The smallest absolute Gasteiger partial charge is 0.0624 e. The maximum Gasteiger partial charge on any atom is 0.0624 e. The molecule has 0 bridgehead atoms. The first-order chi connectivity index (χ1) is 10.8. The minimum absolute atomic E-state index is 0.503. The summed E-state index contributed by atoms with van der Waals surface area (Å²) in [5.41, 5.74) is 1.12. The van der Waals surface area contributed by atoms with E-state index in [-0.39, 0.29) is 0 Å². The SMILES string of the molecule is Clc1cccc(CCNC2CCCC2C2COCCN2)c1Cl. The molecule has 2 fully saturated rings. The Hall–Kier alpha value is -0.320. The zero-order valence-electron chi connectivity index (χ0n) is 12.8. The second-order valence-corrected chi connectivity index (χ2v) is 7.04. The minimum Gasteiger partial charge on any atom is -0.379 e. The standard InChI is InChI=1S/C17H24Cl2N2O/c18-14-5-1-3-12(17(14)19)7-8-20-15-6-2-4-13(15)16-11-22-10-9-21-16/h1,3,5,13,15-16,20-21H,2,4,6-11H2. The number of ether oxygens (including phenoxy) is 1. The number of hydrogen-bond donors (Lipinski definition) is 2. The molecule has 1 heterocycles. The second kappa shape index (κ2) is 7.98. The van der Waals surface area contributed by atoms with Gasteiger partial charge in [-0.05, 0) is 43.4 Å². The minimum atomic E-state index is 0.503. The number of hydrogen-bond acceptors (Lipinski definition) is 3. The van der Waals surface area contributed by atoms with Gasteiger partial charge in [-0.1, -0.05) is 41.8 Å². The average Bonchev–Trinajstić information content (AvgIpc) is 3.01. The van der Waals surface area contributed by atoms with Crippen molar-refractivity contribution in [3.8, 4) is 0 Å². The highest BCUT2D eigenvalue weighted by atomic mass is 35.5. The van der Waals surface area contributed by atoms with Crippen LogP contribution < -0.4 is 10.6 Å². The van der Waals surface area contributed by atoms with E-state index in [1.54, 1.807) is 0 Å². The summed E-state index contributed by atoms with van der Waals surface area (Å²) in [6, 6.07) is 6.94. The van der Waals surface area contributed by atoms with E-state index in [0.29, 0.717) is 28.0 Å². The molecule has 1 aromatic rings. The van der Waals surface area contributed by atoms with E-state index >= 15 is 0 Å². The molecule has 2 N–H and O–H groups in total. The molecule has 3 nitrogen and oxygen atoms in total. The van der Waals surface area contributed by atoms with Gasteiger partial charge >= 0.3 is 0 Å². The summed E-state index contributed by atoms with van der Waals surface area (Å²) in [7, 11) is 0. The number of benzene rings is 1. The summed E-state index contributed by atoms with van der Waals surface area (Å²) in [4.78, 5) is 0. The monoisotopic (exact) mass is 342 g/mol. The third-order valence-electron chi connectivity index (χ3n) is 4.87. The van der Waals surface area contributed by atoms with Gasteiger partial charge in [0.15, 0.2) is 0 Å². The predicted octanol–water partition coefficient (Wildman–Crippen LogP) is 3.28. The topological polar surface area (TPSA) is 33.3 Å². The van der Waals surface area contributed by atoms with E-state index < -0.39 is 0 Å². The molecule has 0 amide bonds. The van der Waals surface area contributed by atoms with Crippen LogP contribution in [0.5, 0.6) is 0 Å². The predicted molar refractivity (Wildman–Crippen MR) is 91.9 cm³/mol. The zero-order valence-corrected chi connectivity index (χ0v) is 14.3. The highest BCUT2D eigenvalue weighted by molar-refractivity contribution is 6.42. The fourth-order valence-corrected chi connectivity index (χ4v) is 4.13. The zero-order chi connectivity index (χ0) is 15.4. The molecule has 0 aromatic heterocycles. The highest BCUT2D eigenvalue weighted by Gasteiger charge is 2.34. The van der Waals surface area contributed by atoms with Crippen LogP contribution in [-0.2, 0) is 11.2 Å². The molecule has 22 heavy (non-hydrogen) atoms. The van der Waals surface area contributed by atoms with Crippen LogP contribution in [0.25, 0.3) is 0 Å². The Bertz CT molecular complexity index is 492. The maximum absolute atomic E-state index is 6.25. The van der Waals surface area contributed by atoms with Crippen molar-refractivity contribution in [1.82, 2.24) is 10.6 Å². The highest BCUT2D eigenvalue weighted by Crippen LogP contribution is 2.30. The molecular weight excluding hydrogens is 319 g/mol. The Balaban J connectivity index is 1.51. The molecule has 2 aliphatic rings. The van der Waals surface area contributed by atoms with Crippen molar-refractivity contribution in [3.63, 3.8) is 0 Å². The number of rotatable bonds is 5. The van der Waals surface area contributed by atoms with Crippen LogP contribution >= 0.6 is 23.2 Å². The summed E-state index contributed by atoms with van der Waals surface area (Å²) < 4.78 is 5.62. The summed E-state index contributed by atoms with van der Waals surface area (Å²) >= 11 is 12.3. The Kier molecular flexibility index (Phi) is 6.00. The number of halogens is 2. The van der Waals surface area contributed by atoms with Gasteiger partial charge in [-0.2, -0.15) is 0 Å². The lowest BCUT2D eigenvalue weighted by Crippen LogP contribution is -2.51. The van der Waals surface area contributed by atoms with Gasteiger partial charge in [-0.3, -0.25) is 0 Å². The van der Waals surface area contributed by atoms with Gasteiger partial charge in [0.25, 0.3) is 0 Å². The molecule has 1 aliphatic carbocycles. The Labute approximate surface area is 142 Å². The van der Waals surface area contributed by atoms with E-state index in [0.717, 1.165) is 38.3 Å². The fraction of sp³-hybridized carbons (Fsp3) is 0.647. The van der Waals surface area contributed by atoms with Gasteiger partial charge in [-0.15, -0.1) is 0 Å². The van der Waals surface area contributed by atoms with Crippen molar-refractivity contribution in [3.05, 3.63) is 33.8 Å². The fourth-order valence-electron chi connectivity index (χ4n) is 3.72. The summed E-state index contributed by atoms with van der Waals surface area (Å²) in [5, 5.41) is 8.67. The molecule has 122 valence electrons. The lowest BCUT2D eigenvalue weighted by Gasteiger charge is -2.33. The lowest BCUT2D eigenvalue weighted by atomic mass is 9.94. The molecule has 0 spiro atoms. The van der Waals surface area contributed by atoms with E-state index in [2.05, 4.69) is 16.7 Å². The van der Waals surface area contributed by atoms with Crippen LogP contribution in [-0.4, -0.2) is 38.4 Å². The van der Waals surface area contributed by atoms with Crippen molar-refractivity contribution in [2.75, 3.05) is 26.3 Å². The molecule has 1 saturated heterocycles. The maximum atomic E-state index is 6.25. The van der Waals surface area contributed by atoms with Gasteiger partial charge in [-0.25, -0.2) is 0 Å². The first kappa shape index (κ1) is 16.5. The van der Waals surface area contributed by atoms with Gasteiger partial charge in [0, 0.05) is 18.6 Å². The summed E-state index contributed by atoms with van der Waals surface area (Å²) in [6.07, 6.45) is 4.76. The number of morpholine rings is 1. The summed E-state index contributed by atoms with van der Waals surface area (Å²) in [6.45, 7) is 3.61. The van der Waals surface area contributed by atoms with Crippen molar-refractivity contribution in [2.24, 2.45) is 5.92 Å². The van der Waals surface area contributed by atoms with E-state index in [1.165, 1.54) is 19.3 Å². The van der Waals surface area contributed by atoms with Gasteiger partial charge in [0.05, 0.1) is 23.3 Å². The largest absolute Gasteiger partial charge is 0.379 e. The molecule has 1 aromatic carbocycles. The first-order valence-electron chi connectivity index (χ1n) is 8.23. The third-order valence-corrected chi connectivity index (χ3v) is 5.73. The van der Waals surface area contributed by atoms with Crippen LogP contribution in [0.1, 0.15) is 24.8 Å². The van der Waals surface area contributed by atoms with Crippen molar-refractivity contribution in [2.45, 2.75) is 37.8 Å². The first-order valence-corrected chi connectivity index (χ1v) is 8.98. The Morgan fingerprint density at radius 2 is 2.18 bits per heavy atom. The van der Waals surface area contributed by atoms with Crippen LogP contribution in [0.4, 0.5) is 0 Å². The second-order valence-electron chi connectivity index (χ2n) is 6.25. The Morgan fingerprint density at radius 1 is 1.27 bits per heavy atom. The van der Waals surface area contributed by atoms with Crippen LogP contribution in [0.3, 0.4) is 0 Å². The average molecular weight is 343 g/mol. The molecule has 3 unspecified atom stereocenters. The molecule has 3 rings (SSSR count). The van der Waals surface area contributed by atoms with E-state index in [1.807, 2.05) is 12.1 Å².